The van der Waals surface area contributed by atoms with E-state index in [1.54, 1.807) is 17.0 Å². The Balaban J connectivity index is 1.22. The zero-order chi connectivity index (χ0) is 20.9. The van der Waals surface area contributed by atoms with Crippen LogP contribution in [0.2, 0.25) is 0 Å². The van der Waals surface area contributed by atoms with Gasteiger partial charge in [0, 0.05) is 13.1 Å². The highest BCUT2D eigenvalue weighted by Gasteiger charge is 2.34. The summed E-state index contributed by atoms with van der Waals surface area (Å²) in [5.41, 5.74) is 1.08. The Labute approximate surface area is 175 Å². The topological polar surface area (TPSA) is 88.9 Å². The lowest BCUT2D eigenvalue weighted by Gasteiger charge is -2.30. The number of furan rings is 1. The van der Waals surface area contributed by atoms with E-state index >= 15 is 0 Å². The standard InChI is InChI=1S/C23H26N2O5/c26-20(24-21(17-8-9-17)16-5-2-1-3-6-16)15-30-23(28)18-10-12-25(13-11-18)22(27)19-7-4-14-29-19/h1-7,14,17-18,21H,8-13,15H2,(H,24,26). The van der Waals surface area contributed by atoms with E-state index in [-0.39, 0.29) is 36.4 Å². The summed E-state index contributed by atoms with van der Waals surface area (Å²) in [5, 5.41) is 3.01. The van der Waals surface area contributed by atoms with Crippen molar-refractivity contribution in [2.75, 3.05) is 19.7 Å². The van der Waals surface area contributed by atoms with E-state index in [2.05, 4.69) is 5.32 Å². The van der Waals surface area contributed by atoms with E-state index in [4.69, 9.17) is 9.15 Å². The first-order valence-corrected chi connectivity index (χ1v) is 10.5. The van der Waals surface area contributed by atoms with Crippen molar-refractivity contribution in [1.29, 1.82) is 0 Å². The van der Waals surface area contributed by atoms with Crippen molar-refractivity contribution in [2.45, 2.75) is 31.7 Å². The van der Waals surface area contributed by atoms with Gasteiger partial charge >= 0.3 is 5.97 Å². The van der Waals surface area contributed by atoms with Crippen LogP contribution in [0.25, 0.3) is 0 Å². The summed E-state index contributed by atoms with van der Waals surface area (Å²) in [6.07, 6.45) is 4.68. The Hall–Kier alpha value is -3.09. The third-order valence-electron chi connectivity index (χ3n) is 5.76. The predicted octanol–water partition coefficient (Wildman–Crippen LogP) is 2.94. The Bertz CT molecular complexity index is 868. The summed E-state index contributed by atoms with van der Waals surface area (Å²) in [6, 6.07) is 13.2. The molecule has 1 N–H and O–H groups in total. The van der Waals surface area contributed by atoms with Gasteiger partial charge < -0.3 is 19.4 Å². The van der Waals surface area contributed by atoms with E-state index in [9.17, 15) is 14.4 Å². The van der Waals surface area contributed by atoms with E-state index < -0.39 is 0 Å². The van der Waals surface area contributed by atoms with Gasteiger partial charge in [-0.1, -0.05) is 30.3 Å². The van der Waals surface area contributed by atoms with Crippen molar-refractivity contribution in [1.82, 2.24) is 10.2 Å². The maximum Gasteiger partial charge on any atom is 0.309 e. The van der Waals surface area contributed by atoms with Gasteiger partial charge in [0.25, 0.3) is 11.8 Å². The van der Waals surface area contributed by atoms with Gasteiger partial charge in [-0.25, -0.2) is 0 Å². The van der Waals surface area contributed by atoms with Crippen LogP contribution in [0.1, 0.15) is 47.8 Å². The summed E-state index contributed by atoms with van der Waals surface area (Å²) >= 11 is 0. The van der Waals surface area contributed by atoms with Crippen molar-refractivity contribution < 1.29 is 23.5 Å². The van der Waals surface area contributed by atoms with Gasteiger partial charge in [-0.05, 0) is 49.3 Å². The van der Waals surface area contributed by atoms with Crippen LogP contribution in [0, 0.1) is 11.8 Å². The van der Waals surface area contributed by atoms with E-state index in [1.165, 1.54) is 6.26 Å². The molecule has 0 spiro atoms. The SMILES string of the molecule is O=C(COC(=O)C1CCN(C(=O)c2ccco2)CC1)NC(c1ccccc1)C1CC1. The normalized spacial score (nSPS) is 17.9. The molecule has 158 valence electrons. The van der Waals surface area contributed by atoms with Crippen LogP contribution in [-0.4, -0.2) is 42.4 Å². The molecule has 0 radical (unpaired) electrons. The number of hydrogen-bond acceptors (Lipinski definition) is 5. The third kappa shape index (κ3) is 4.90. The quantitative estimate of drug-likeness (QED) is 0.709. The van der Waals surface area contributed by atoms with Gasteiger partial charge in [0.15, 0.2) is 12.4 Å². The molecule has 1 saturated carbocycles. The highest BCUT2D eigenvalue weighted by Crippen LogP contribution is 2.40. The summed E-state index contributed by atoms with van der Waals surface area (Å²) in [5.74, 6) is -0.378. The molecule has 7 heteroatoms. The first-order valence-electron chi connectivity index (χ1n) is 10.5. The van der Waals surface area contributed by atoms with E-state index in [1.807, 2.05) is 30.3 Å². The lowest BCUT2D eigenvalue weighted by molar-refractivity contribution is -0.154. The zero-order valence-corrected chi connectivity index (χ0v) is 16.8. The summed E-state index contributed by atoms with van der Waals surface area (Å²) in [6.45, 7) is 0.646. The van der Waals surface area contributed by atoms with Crippen LogP contribution in [-0.2, 0) is 14.3 Å². The van der Waals surface area contributed by atoms with Crippen molar-refractivity contribution in [3.63, 3.8) is 0 Å². The van der Waals surface area contributed by atoms with Crippen LogP contribution in [0.15, 0.2) is 53.1 Å². The smallest absolute Gasteiger partial charge is 0.309 e. The summed E-state index contributed by atoms with van der Waals surface area (Å²) in [7, 11) is 0. The zero-order valence-electron chi connectivity index (χ0n) is 16.8. The number of amides is 2. The van der Waals surface area contributed by atoms with Gasteiger partial charge in [0.05, 0.1) is 18.2 Å². The summed E-state index contributed by atoms with van der Waals surface area (Å²) in [4.78, 5) is 38.7. The van der Waals surface area contributed by atoms with Crippen molar-refractivity contribution in [3.05, 3.63) is 60.1 Å². The molecule has 1 atom stereocenters. The average Bonchev–Trinajstić information content (AvgIpc) is 3.48. The van der Waals surface area contributed by atoms with Crippen LogP contribution in [0.5, 0.6) is 0 Å². The number of carbonyl (C=O) groups excluding carboxylic acids is 3. The lowest BCUT2D eigenvalue weighted by atomic mass is 9.97. The fourth-order valence-corrected chi connectivity index (χ4v) is 3.91. The first kappa shape index (κ1) is 20.2. The van der Waals surface area contributed by atoms with Crippen LogP contribution >= 0.6 is 0 Å². The Morgan fingerprint density at radius 3 is 2.40 bits per heavy atom. The third-order valence-corrected chi connectivity index (χ3v) is 5.76. The molecule has 1 aliphatic carbocycles. The number of benzene rings is 1. The molecule has 0 bridgehead atoms. The largest absolute Gasteiger partial charge is 0.459 e. The fraction of sp³-hybridized carbons (Fsp3) is 0.435. The molecule has 1 aliphatic heterocycles. The van der Waals surface area contributed by atoms with E-state index in [0.29, 0.717) is 37.6 Å². The number of likely N-dealkylation sites (tertiary alicyclic amines) is 1. The highest BCUT2D eigenvalue weighted by molar-refractivity contribution is 5.91. The monoisotopic (exact) mass is 410 g/mol. The number of hydrogen-bond donors (Lipinski definition) is 1. The second kappa shape index (κ2) is 9.15. The number of nitrogens with zero attached hydrogens (tertiary/aromatic N) is 1. The summed E-state index contributed by atoms with van der Waals surface area (Å²) < 4.78 is 10.4. The van der Waals surface area contributed by atoms with Crippen molar-refractivity contribution >= 4 is 17.8 Å². The molecule has 1 saturated heterocycles. The molecule has 1 aromatic heterocycles. The molecule has 2 amide bonds. The number of ether oxygens (including phenoxy) is 1. The van der Waals surface area contributed by atoms with E-state index in [0.717, 1.165) is 18.4 Å². The van der Waals surface area contributed by atoms with Crippen molar-refractivity contribution in [3.8, 4) is 0 Å². The van der Waals surface area contributed by atoms with Gasteiger partial charge in [0.1, 0.15) is 0 Å². The number of piperidine rings is 1. The van der Waals surface area contributed by atoms with Crippen molar-refractivity contribution in [2.24, 2.45) is 11.8 Å². The first-order chi connectivity index (χ1) is 14.6. The molecule has 2 aliphatic rings. The molecular weight excluding hydrogens is 384 g/mol. The molecule has 2 aromatic rings. The van der Waals surface area contributed by atoms with Gasteiger partial charge in [0.2, 0.25) is 0 Å². The Morgan fingerprint density at radius 1 is 1.03 bits per heavy atom. The minimum Gasteiger partial charge on any atom is -0.459 e. The number of esters is 1. The molecule has 2 heterocycles. The molecular formula is C23H26N2O5. The molecule has 1 aromatic carbocycles. The average molecular weight is 410 g/mol. The minimum atomic E-state index is -0.377. The van der Waals surface area contributed by atoms with Gasteiger partial charge in [-0.2, -0.15) is 0 Å². The molecule has 2 fully saturated rings. The second-order valence-electron chi connectivity index (χ2n) is 7.94. The Kier molecular flexibility index (Phi) is 6.16. The second-order valence-corrected chi connectivity index (χ2v) is 7.94. The minimum absolute atomic E-state index is 0.0340. The molecule has 7 nitrogen and oxygen atoms in total. The Morgan fingerprint density at radius 2 is 1.77 bits per heavy atom. The fourth-order valence-electron chi connectivity index (χ4n) is 3.91. The van der Waals surface area contributed by atoms with Gasteiger partial charge in [-0.3, -0.25) is 14.4 Å². The highest BCUT2D eigenvalue weighted by atomic mass is 16.5. The predicted molar refractivity (Wildman–Crippen MR) is 108 cm³/mol. The number of rotatable bonds is 7. The number of carbonyl (C=O) groups is 3. The maximum absolute atomic E-state index is 12.4. The molecule has 1 unspecified atom stereocenters. The number of nitrogens with one attached hydrogen (secondary N) is 1. The maximum atomic E-state index is 12.4. The van der Waals surface area contributed by atoms with Crippen LogP contribution in [0.4, 0.5) is 0 Å². The molecule has 30 heavy (non-hydrogen) atoms. The lowest BCUT2D eigenvalue weighted by Crippen LogP contribution is -2.41. The molecule has 4 rings (SSSR count). The van der Waals surface area contributed by atoms with Gasteiger partial charge in [-0.15, -0.1) is 0 Å². The van der Waals surface area contributed by atoms with Crippen LogP contribution in [0.3, 0.4) is 0 Å². The van der Waals surface area contributed by atoms with Crippen LogP contribution < -0.4 is 5.32 Å².